The second kappa shape index (κ2) is 6.96. The second-order valence-electron chi connectivity index (χ2n) is 6.07. The number of hydrogen-bond donors (Lipinski definition) is 1. The average Bonchev–Trinajstić information content (AvgIpc) is 2.54. The molecule has 2 aromatic rings. The smallest absolute Gasteiger partial charge is 0.166 e. The van der Waals surface area contributed by atoms with Crippen LogP contribution in [0.4, 0.5) is 8.78 Å². The number of carbonyl (C=O) groups excluding carboxylic acids is 1. The highest BCUT2D eigenvalue weighted by molar-refractivity contribution is 6.30. The quantitative estimate of drug-likeness (QED) is 0.741. The van der Waals surface area contributed by atoms with Crippen LogP contribution >= 0.6 is 11.6 Å². The van der Waals surface area contributed by atoms with Crippen LogP contribution in [0.15, 0.2) is 36.1 Å². The van der Waals surface area contributed by atoms with Gasteiger partial charge in [0.1, 0.15) is 17.4 Å². The summed E-state index contributed by atoms with van der Waals surface area (Å²) in [6.45, 7) is 1.92. The summed E-state index contributed by atoms with van der Waals surface area (Å²) in [5, 5.41) is 10.2. The van der Waals surface area contributed by atoms with Crippen molar-refractivity contribution in [3.63, 3.8) is 0 Å². The van der Waals surface area contributed by atoms with E-state index >= 15 is 0 Å². The van der Waals surface area contributed by atoms with Gasteiger partial charge in [0, 0.05) is 17.9 Å². The van der Waals surface area contributed by atoms with Gasteiger partial charge in [0.05, 0.1) is 11.1 Å². The van der Waals surface area contributed by atoms with Gasteiger partial charge in [-0.05, 0) is 47.7 Å². The number of allylic oxidation sites excluding steroid dienone is 2. The number of aliphatic hydroxyl groups is 1. The minimum Gasteiger partial charge on any atom is -0.512 e. The Bertz CT molecular complexity index is 864. The van der Waals surface area contributed by atoms with E-state index in [9.17, 15) is 18.7 Å². The lowest BCUT2D eigenvalue weighted by atomic mass is 9.86. The highest BCUT2D eigenvalue weighted by Gasteiger charge is 2.24. The van der Waals surface area contributed by atoms with Crippen molar-refractivity contribution >= 4 is 23.0 Å². The summed E-state index contributed by atoms with van der Waals surface area (Å²) < 4.78 is 28.5. The molecule has 0 fully saturated rings. The first-order chi connectivity index (χ1) is 11.9. The molecule has 25 heavy (non-hydrogen) atoms. The van der Waals surface area contributed by atoms with Crippen LogP contribution in [-0.4, -0.2) is 10.9 Å². The number of carbonyl (C=O) groups is 1. The Morgan fingerprint density at radius 1 is 1.12 bits per heavy atom. The summed E-state index contributed by atoms with van der Waals surface area (Å²) in [7, 11) is 0. The zero-order chi connectivity index (χ0) is 18.1. The van der Waals surface area contributed by atoms with Crippen molar-refractivity contribution in [1.29, 1.82) is 0 Å². The maximum atomic E-state index is 14.3. The molecule has 1 aliphatic rings. The molecule has 0 saturated carbocycles. The molecule has 2 nitrogen and oxygen atoms in total. The fourth-order valence-corrected chi connectivity index (χ4v) is 3.42. The van der Waals surface area contributed by atoms with Crippen molar-refractivity contribution in [3.05, 3.63) is 63.9 Å². The van der Waals surface area contributed by atoms with E-state index in [-0.39, 0.29) is 27.7 Å². The third-order valence-corrected chi connectivity index (χ3v) is 4.66. The summed E-state index contributed by atoms with van der Waals surface area (Å²) in [5.74, 6) is -1.64. The van der Waals surface area contributed by atoms with E-state index in [1.807, 2.05) is 6.92 Å². The van der Waals surface area contributed by atoms with E-state index in [1.165, 1.54) is 0 Å². The highest BCUT2D eigenvalue weighted by atomic mass is 35.5. The molecule has 1 aliphatic carbocycles. The van der Waals surface area contributed by atoms with E-state index in [4.69, 9.17) is 11.6 Å². The van der Waals surface area contributed by atoms with Gasteiger partial charge in [-0.2, -0.15) is 0 Å². The number of benzene rings is 2. The predicted molar refractivity (Wildman–Crippen MR) is 94.6 cm³/mol. The molecular formula is C20H17ClF2O2. The molecule has 5 heteroatoms. The number of Topliss-reactive ketones (excluding diaryl/α,β-unsaturated/α-hetero) is 1. The normalized spacial score (nSPS) is 15.0. The number of rotatable bonds is 3. The van der Waals surface area contributed by atoms with Gasteiger partial charge in [0.25, 0.3) is 0 Å². The molecule has 1 N–H and O–H groups in total. The molecule has 0 heterocycles. The fourth-order valence-electron chi connectivity index (χ4n) is 3.22. The Kier molecular flexibility index (Phi) is 4.91. The molecule has 0 unspecified atom stereocenters. The SMILES string of the molecule is CCc1ccc(-c2c(F)cc(Cl)cc2F)cc1C1=C(O)CCCC1=O. The van der Waals surface area contributed by atoms with Gasteiger partial charge in [-0.3, -0.25) is 4.79 Å². The Morgan fingerprint density at radius 3 is 2.40 bits per heavy atom. The van der Waals surface area contributed by atoms with Crippen molar-refractivity contribution in [2.75, 3.05) is 0 Å². The maximum absolute atomic E-state index is 14.3. The minimum absolute atomic E-state index is 0.0213. The van der Waals surface area contributed by atoms with E-state index in [0.717, 1.165) is 17.7 Å². The fraction of sp³-hybridized carbons (Fsp3) is 0.250. The van der Waals surface area contributed by atoms with Gasteiger partial charge in [-0.1, -0.05) is 30.7 Å². The molecule has 0 bridgehead atoms. The number of aryl methyl sites for hydroxylation is 1. The highest BCUT2D eigenvalue weighted by Crippen LogP contribution is 2.35. The molecule has 0 spiro atoms. The lowest BCUT2D eigenvalue weighted by Crippen LogP contribution is -2.12. The van der Waals surface area contributed by atoms with Crippen molar-refractivity contribution < 1.29 is 18.7 Å². The van der Waals surface area contributed by atoms with Gasteiger partial charge in [0.15, 0.2) is 5.78 Å². The molecule has 2 aromatic carbocycles. The number of hydrogen-bond acceptors (Lipinski definition) is 2. The molecule has 0 radical (unpaired) electrons. The molecule has 0 aliphatic heterocycles. The zero-order valence-corrected chi connectivity index (χ0v) is 14.5. The van der Waals surface area contributed by atoms with E-state index < -0.39 is 11.6 Å². The van der Waals surface area contributed by atoms with E-state index in [1.54, 1.807) is 18.2 Å². The van der Waals surface area contributed by atoms with Crippen molar-refractivity contribution in [2.24, 2.45) is 0 Å². The summed E-state index contributed by atoms with van der Waals surface area (Å²) in [6.07, 6.45) is 2.02. The summed E-state index contributed by atoms with van der Waals surface area (Å²) in [6, 6.07) is 7.03. The van der Waals surface area contributed by atoms with E-state index in [0.29, 0.717) is 36.8 Å². The lowest BCUT2D eigenvalue weighted by molar-refractivity contribution is -0.114. The summed E-state index contributed by atoms with van der Waals surface area (Å²) in [4.78, 5) is 12.3. The molecule has 3 rings (SSSR count). The molecule has 0 amide bonds. The van der Waals surface area contributed by atoms with Crippen LogP contribution in [0.2, 0.25) is 5.02 Å². The Morgan fingerprint density at radius 2 is 1.80 bits per heavy atom. The van der Waals surface area contributed by atoms with Crippen LogP contribution in [0.3, 0.4) is 0 Å². The van der Waals surface area contributed by atoms with Crippen LogP contribution in [0.5, 0.6) is 0 Å². The van der Waals surface area contributed by atoms with Gasteiger partial charge < -0.3 is 5.11 Å². The first-order valence-electron chi connectivity index (χ1n) is 8.16. The van der Waals surface area contributed by atoms with Gasteiger partial charge in [-0.15, -0.1) is 0 Å². The first-order valence-corrected chi connectivity index (χ1v) is 8.53. The van der Waals surface area contributed by atoms with Gasteiger partial charge in [0.2, 0.25) is 0 Å². The van der Waals surface area contributed by atoms with Crippen LogP contribution in [0.25, 0.3) is 16.7 Å². The molecule has 130 valence electrons. The summed E-state index contributed by atoms with van der Waals surface area (Å²) >= 11 is 5.68. The third-order valence-electron chi connectivity index (χ3n) is 4.44. The van der Waals surface area contributed by atoms with Crippen molar-refractivity contribution in [1.82, 2.24) is 0 Å². The monoisotopic (exact) mass is 362 g/mol. The predicted octanol–water partition coefficient (Wildman–Crippen LogP) is 5.87. The van der Waals surface area contributed by atoms with Crippen LogP contribution in [-0.2, 0) is 11.2 Å². The van der Waals surface area contributed by atoms with Crippen LogP contribution in [0, 0.1) is 11.6 Å². The maximum Gasteiger partial charge on any atom is 0.166 e. The van der Waals surface area contributed by atoms with Crippen LogP contribution < -0.4 is 0 Å². The van der Waals surface area contributed by atoms with Crippen molar-refractivity contribution in [3.8, 4) is 11.1 Å². The number of aliphatic hydroxyl groups excluding tert-OH is 1. The summed E-state index contributed by atoms with van der Waals surface area (Å²) in [5.41, 5.74) is 1.75. The standard InChI is InChI=1S/C20H17ClF2O2/c1-2-11-6-7-12(19-15(22)9-13(21)10-16(19)23)8-14(11)20-17(24)4-3-5-18(20)25/h6-10,24H,2-5H2,1H3. The van der Waals surface area contributed by atoms with Crippen LogP contribution in [0.1, 0.15) is 37.3 Å². The Labute approximate surface area is 149 Å². The average molecular weight is 363 g/mol. The van der Waals surface area contributed by atoms with Crippen molar-refractivity contribution in [2.45, 2.75) is 32.6 Å². The minimum atomic E-state index is -0.770. The largest absolute Gasteiger partial charge is 0.512 e. The second-order valence-corrected chi connectivity index (χ2v) is 6.50. The number of halogens is 3. The lowest BCUT2D eigenvalue weighted by Gasteiger charge is -2.19. The third kappa shape index (κ3) is 3.31. The number of ketones is 1. The van der Waals surface area contributed by atoms with Gasteiger partial charge >= 0.3 is 0 Å². The topological polar surface area (TPSA) is 37.3 Å². The van der Waals surface area contributed by atoms with E-state index in [2.05, 4.69) is 0 Å². The zero-order valence-electron chi connectivity index (χ0n) is 13.7. The van der Waals surface area contributed by atoms with Gasteiger partial charge in [-0.25, -0.2) is 8.78 Å². The molecule has 0 atom stereocenters. The first kappa shape index (κ1) is 17.6. The molecule has 0 aromatic heterocycles. The Balaban J connectivity index is 2.22. The molecule has 0 saturated heterocycles. The Hall–Kier alpha value is -2.20. The molecular weight excluding hydrogens is 346 g/mol.